The average molecular weight is 294 g/mol. The minimum atomic E-state index is 0.571. The quantitative estimate of drug-likeness (QED) is 0.668. The van der Waals surface area contributed by atoms with E-state index in [9.17, 15) is 0 Å². The van der Waals surface area contributed by atoms with Crippen molar-refractivity contribution >= 4 is 0 Å². The highest BCUT2D eigenvalue weighted by molar-refractivity contribution is 5.31. The Morgan fingerprint density at radius 3 is 2.27 bits per heavy atom. The summed E-state index contributed by atoms with van der Waals surface area (Å²) in [7, 11) is 0. The first-order valence-corrected chi connectivity index (χ1v) is 7.25. The monoisotopic (exact) mass is 294 g/mol. The third kappa shape index (κ3) is 4.12. The van der Waals surface area contributed by atoms with Gasteiger partial charge in [-0.25, -0.2) is 4.98 Å². The molecule has 0 fully saturated rings. The van der Waals surface area contributed by atoms with Crippen LogP contribution in [-0.4, -0.2) is 16.2 Å². The fourth-order valence-corrected chi connectivity index (χ4v) is 2.06. The number of ether oxygens (including phenoxy) is 2. The van der Waals surface area contributed by atoms with E-state index in [0.29, 0.717) is 13.2 Å². The van der Waals surface area contributed by atoms with Gasteiger partial charge in [0, 0.05) is 12.4 Å². The van der Waals surface area contributed by atoms with Gasteiger partial charge in [-0.15, -0.1) is 0 Å². The van der Waals surface area contributed by atoms with E-state index in [1.807, 2.05) is 65.4 Å². The molecule has 3 rings (SSSR count). The number of benzene rings is 2. The molecular formula is C18H18N2O2. The molecule has 0 atom stereocenters. The largest absolute Gasteiger partial charge is 0.492 e. The molecule has 3 aromatic rings. The summed E-state index contributed by atoms with van der Waals surface area (Å²) in [5, 5.41) is 0. The van der Waals surface area contributed by atoms with Crippen molar-refractivity contribution in [3.8, 4) is 11.5 Å². The molecule has 1 aromatic heterocycles. The minimum Gasteiger partial charge on any atom is -0.492 e. The Bertz CT molecular complexity index is 664. The fourth-order valence-electron chi connectivity index (χ4n) is 2.06. The van der Waals surface area contributed by atoms with Crippen LogP contribution in [0.15, 0.2) is 73.3 Å². The van der Waals surface area contributed by atoms with Crippen molar-refractivity contribution in [2.45, 2.75) is 13.2 Å². The van der Waals surface area contributed by atoms with Gasteiger partial charge in [-0.1, -0.05) is 30.3 Å². The fraction of sp³-hybridized carbons (Fsp3) is 0.167. The topological polar surface area (TPSA) is 36.3 Å². The van der Waals surface area contributed by atoms with Crippen molar-refractivity contribution in [1.29, 1.82) is 0 Å². The van der Waals surface area contributed by atoms with Crippen LogP contribution in [0.25, 0.3) is 0 Å². The van der Waals surface area contributed by atoms with Crippen LogP contribution in [-0.2, 0) is 13.2 Å². The molecule has 0 spiro atoms. The van der Waals surface area contributed by atoms with Gasteiger partial charge in [-0.2, -0.15) is 0 Å². The van der Waals surface area contributed by atoms with Crippen molar-refractivity contribution in [3.05, 3.63) is 78.9 Å². The summed E-state index contributed by atoms with van der Waals surface area (Å²) in [6, 6.07) is 17.8. The number of aromatic nitrogens is 2. The van der Waals surface area contributed by atoms with E-state index in [0.717, 1.165) is 23.6 Å². The number of rotatable bonds is 7. The molecule has 0 amide bonds. The lowest BCUT2D eigenvalue weighted by Gasteiger charge is -2.09. The Morgan fingerprint density at radius 1 is 0.864 bits per heavy atom. The molecule has 0 bridgehead atoms. The lowest BCUT2D eigenvalue weighted by molar-refractivity contribution is 0.293. The van der Waals surface area contributed by atoms with Gasteiger partial charge >= 0.3 is 0 Å². The van der Waals surface area contributed by atoms with Gasteiger partial charge in [-0.05, 0) is 29.8 Å². The van der Waals surface area contributed by atoms with E-state index in [1.54, 1.807) is 12.5 Å². The molecular weight excluding hydrogens is 276 g/mol. The minimum absolute atomic E-state index is 0.571. The summed E-state index contributed by atoms with van der Waals surface area (Å²) in [6.45, 7) is 1.97. The number of nitrogens with zero attached hydrogens (tertiary/aromatic N) is 2. The van der Waals surface area contributed by atoms with Gasteiger partial charge in [0.2, 0.25) is 0 Å². The first-order valence-electron chi connectivity index (χ1n) is 7.25. The van der Waals surface area contributed by atoms with Crippen LogP contribution >= 0.6 is 0 Å². The number of hydrogen-bond acceptors (Lipinski definition) is 3. The summed E-state index contributed by atoms with van der Waals surface area (Å²) in [5.74, 6) is 1.68. The standard InChI is InChI=1S/C18H18N2O2/c1-2-4-16(5-3-1)14-22-18-8-6-17(7-9-18)21-13-12-20-11-10-19-15-20/h1-11,15H,12-14H2. The van der Waals surface area contributed by atoms with Gasteiger partial charge in [0.15, 0.2) is 0 Å². The van der Waals surface area contributed by atoms with Crippen LogP contribution < -0.4 is 9.47 Å². The van der Waals surface area contributed by atoms with Gasteiger partial charge in [-0.3, -0.25) is 0 Å². The van der Waals surface area contributed by atoms with Crippen LogP contribution in [0.2, 0.25) is 0 Å². The third-order valence-electron chi connectivity index (χ3n) is 3.25. The van der Waals surface area contributed by atoms with E-state index < -0.39 is 0 Å². The first-order chi connectivity index (χ1) is 10.9. The van der Waals surface area contributed by atoms with Crippen LogP contribution in [0.1, 0.15) is 5.56 Å². The maximum Gasteiger partial charge on any atom is 0.120 e. The van der Waals surface area contributed by atoms with Crippen molar-refractivity contribution in [2.75, 3.05) is 6.61 Å². The van der Waals surface area contributed by atoms with Crippen molar-refractivity contribution in [1.82, 2.24) is 9.55 Å². The summed E-state index contributed by atoms with van der Waals surface area (Å²) >= 11 is 0. The van der Waals surface area contributed by atoms with Gasteiger partial charge in [0.05, 0.1) is 12.9 Å². The Labute approximate surface area is 130 Å². The molecule has 4 heteroatoms. The molecule has 0 N–H and O–H groups in total. The van der Waals surface area contributed by atoms with Crippen LogP contribution in [0.5, 0.6) is 11.5 Å². The molecule has 0 saturated heterocycles. The number of imidazole rings is 1. The molecule has 0 aliphatic heterocycles. The summed E-state index contributed by atoms with van der Waals surface area (Å²) in [4.78, 5) is 4.00. The molecule has 2 aromatic carbocycles. The van der Waals surface area contributed by atoms with Crippen molar-refractivity contribution in [3.63, 3.8) is 0 Å². The summed E-state index contributed by atoms with van der Waals surface area (Å²) in [6.07, 6.45) is 5.46. The van der Waals surface area contributed by atoms with Gasteiger partial charge in [0.25, 0.3) is 0 Å². The maximum atomic E-state index is 5.74. The molecule has 0 aliphatic carbocycles. The number of hydrogen-bond donors (Lipinski definition) is 0. The zero-order valence-electron chi connectivity index (χ0n) is 12.3. The summed E-state index contributed by atoms with van der Waals surface area (Å²) < 4.78 is 13.4. The Kier molecular flexibility index (Phi) is 4.72. The smallest absolute Gasteiger partial charge is 0.120 e. The Morgan fingerprint density at radius 2 is 1.59 bits per heavy atom. The highest BCUT2D eigenvalue weighted by Crippen LogP contribution is 2.18. The van der Waals surface area contributed by atoms with Crippen LogP contribution in [0, 0.1) is 0 Å². The molecule has 22 heavy (non-hydrogen) atoms. The predicted octanol–water partition coefficient (Wildman–Crippen LogP) is 3.54. The molecule has 0 aliphatic rings. The summed E-state index contributed by atoms with van der Waals surface area (Å²) in [5.41, 5.74) is 1.16. The second kappa shape index (κ2) is 7.31. The zero-order valence-corrected chi connectivity index (χ0v) is 12.3. The second-order valence-electron chi connectivity index (χ2n) is 4.89. The molecule has 4 nitrogen and oxygen atoms in total. The van der Waals surface area contributed by atoms with E-state index in [1.165, 1.54) is 0 Å². The third-order valence-corrected chi connectivity index (χ3v) is 3.25. The highest BCUT2D eigenvalue weighted by Gasteiger charge is 1.98. The predicted molar refractivity (Wildman–Crippen MR) is 84.9 cm³/mol. The maximum absolute atomic E-state index is 5.74. The van der Waals surface area contributed by atoms with E-state index >= 15 is 0 Å². The molecule has 0 unspecified atom stereocenters. The normalized spacial score (nSPS) is 10.4. The van der Waals surface area contributed by atoms with E-state index in [2.05, 4.69) is 4.98 Å². The Balaban J connectivity index is 1.45. The second-order valence-corrected chi connectivity index (χ2v) is 4.89. The molecule has 1 heterocycles. The average Bonchev–Trinajstić information content (AvgIpc) is 3.08. The van der Waals surface area contributed by atoms with Gasteiger partial charge in [0.1, 0.15) is 24.7 Å². The van der Waals surface area contributed by atoms with Crippen molar-refractivity contribution < 1.29 is 9.47 Å². The highest BCUT2D eigenvalue weighted by atomic mass is 16.5. The van der Waals surface area contributed by atoms with E-state index in [4.69, 9.17) is 9.47 Å². The SMILES string of the molecule is c1ccc(COc2ccc(OCCn3ccnc3)cc2)cc1. The van der Waals surface area contributed by atoms with Crippen molar-refractivity contribution in [2.24, 2.45) is 0 Å². The molecule has 0 saturated carbocycles. The Hall–Kier alpha value is -2.75. The van der Waals surface area contributed by atoms with Crippen LogP contribution in [0.4, 0.5) is 0 Å². The zero-order chi connectivity index (χ0) is 15.0. The van der Waals surface area contributed by atoms with Gasteiger partial charge < -0.3 is 14.0 Å². The first kappa shape index (κ1) is 14.2. The lowest BCUT2D eigenvalue weighted by atomic mass is 10.2. The van der Waals surface area contributed by atoms with Crippen LogP contribution in [0.3, 0.4) is 0 Å². The van der Waals surface area contributed by atoms with E-state index in [-0.39, 0.29) is 0 Å². The lowest BCUT2D eigenvalue weighted by Crippen LogP contribution is -2.06. The molecule has 112 valence electrons. The molecule has 0 radical (unpaired) electrons.